The summed E-state index contributed by atoms with van der Waals surface area (Å²) in [5, 5.41) is 0. The van der Waals surface area contributed by atoms with Crippen LogP contribution in [0.1, 0.15) is 38.9 Å². The van der Waals surface area contributed by atoms with Gasteiger partial charge in [0.25, 0.3) is 0 Å². The lowest BCUT2D eigenvalue weighted by molar-refractivity contribution is 1.27. The molecule has 0 nitrogen and oxygen atoms in total. The van der Waals surface area contributed by atoms with Crippen molar-refractivity contribution in [2.24, 2.45) is 0 Å². The Hall–Kier alpha value is -2.60. The van der Waals surface area contributed by atoms with Crippen LogP contribution in [0.3, 0.4) is 0 Å². The molecule has 0 aromatic heterocycles. The SMILES string of the molecule is C=Cc1ccccc1.Cc1cc(C)cc(C)c1.Cc1cccc(C)c1C. The zero-order chi connectivity index (χ0) is 19.5. The molecule has 0 saturated heterocycles. The van der Waals surface area contributed by atoms with Gasteiger partial charge in [-0.05, 0) is 63.8 Å². The van der Waals surface area contributed by atoms with Crippen molar-refractivity contribution in [2.45, 2.75) is 41.5 Å². The van der Waals surface area contributed by atoms with Crippen LogP contribution in [0.25, 0.3) is 6.08 Å². The summed E-state index contributed by atoms with van der Waals surface area (Å²) in [6, 6.07) is 23.0. The summed E-state index contributed by atoms with van der Waals surface area (Å²) in [7, 11) is 0. The van der Waals surface area contributed by atoms with Crippen molar-refractivity contribution in [3.05, 3.63) is 112 Å². The van der Waals surface area contributed by atoms with Gasteiger partial charge in [-0.1, -0.05) is 96.1 Å². The minimum atomic E-state index is 1.17. The van der Waals surface area contributed by atoms with Crippen molar-refractivity contribution in [1.82, 2.24) is 0 Å². The van der Waals surface area contributed by atoms with E-state index in [2.05, 4.69) is 84.5 Å². The Morgan fingerprint density at radius 1 is 0.577 bits per heavy atom. The van der Waals surface area contributed by atoms with Crippen LogP contribution in [0.4, 0.5) is 0 Å². The van der Waals surface area contributed by atoms with E-state index in [1.165, 1.54) is 38.9 Å². The maximum atomic E-state index is 3.63. The van der Waals surface area contributed by atoms with E-state index >= 15 is 0 Å². The van der Waals surface area contributed by atoms with Crippen LogP contribution >= 0.6 is 0 Å². The monoisotopic (exact) mass is 344 g/mol. The Balaban J connectivity index is 0.000000195. The summed E-state index contributed by atoms with van der Waals surface area (Å²) in [6.07, 6.45) is 1.83. The van der Waals surface area contributed by atoms with Crippen molar-refractivity contribution in [2.75, 3.05) is 0 Å². The Morgan fingerprint density at radius 2 is 1.00 bits per heavy atom. The third-order valence-corrected chi connectivity index (χ3v) is 4.28. The molecule has 0 N–H and O–H groups in total. The summed E-state index contributed by atoms with van der Waals surface area (Å²) in [5.41, 5.74) is 9.42. The second kappa shape index (κ2) is 11.1. The molecule has 0 saturated carbocycles. The second-order valence-electron chi connectivity index (χ2n) is 6.80. The standard InChI is InChI=1S/2C9H12.C8H8/c1-7-4-8(2)6-9(3)5-7;1-7-5-4-6-8(2)9(7)3;1-2-8-6-4-3-5-7-8/h2*4-6H,1-3H3;2-7H,1H2. The van der Waals surface area contributed by atoms with E-state index in [9.17, 15) is 0 Å². The van der Waals surface area contributed by atoms with E-state index in [0.717, 1.165) is 0 Å². The molecular formula is C26H32. The van der Waals surface area contributed by atoms with Crippen molar-refractivity contribution in [1.29, 1.82) is 0 Å². The van der Waals surface area contributed by atoms with Gasteiger partial charge in [-0.25, -0.2) is 0 Å². The molecule has 0 amide bonds. The first-order valence-corrected chi connectivity index (χ1v) is 9.08. The minimum absolute atomic E-state index is 1.17. The Labute approximate surface area is 160 Å². The lowest BCUT2D eigenvalue weighted by Gasteiger charge is -2.00. The Morgan fingerprint density at radius 3 is 1.31 bits per heavy atom. The third kappa shape index (κ3) is 7.98. The van der Waals surface area contributed by atoms with Crippen LogP contribution in [0.5, 0.6) is 0 Å². The van der Waals surface area contributed by atoms with E-state index in [1.54, 1.807) is 0 Å². The molecule has 0 fully saturated rings. The molecule has 0 atom stereocenters. The quantitative estimate of drug-likeness (QED) is 0.427. The fourth-order valence-electron chi connectivity index (χ4n) is 2.69. The third-order valence-electron chi connectivity index (χ3n) is 4.28. The Kier molecular flexibility index (Phi) is 9.15. The van der Waals surface area contributed by atoms with Crippen molar-refractivity contribution in [3.8, 4) is 0 Å². The molecule has 3 aromatic carbocycles. The lowest BCUT2D eigenvalue weighted by Crippen LogP contribution is -1.82. The molecule has 3 rings (SSSR count). The average Bonchev–Trinajstić information content (AvgIpc) is 2.60. The number of benzene rings is 3. The minimum Gasteiger partial charge on any atom is -0.0985 e. The normalized spacial score (nSPS) is 9.31. The van der Waals surface area contributed by atoms with Crippen molar-refractivity contribution in [3.63, 3.8) is 0 Å². The molecule has 26 heavy (non-hydrogen) atoms. The number of hydrogen-bond acceptors (Lipinski definition) is 0. The van der Waals surface area contributed by atoms with Crippen molar-refractivity contribution < 1.29 is 0 Å². The average molecular weight is 345 g/mol. The van der Waals surface area contributed by atoms with Crippen LogP contribution in [-0.4, -0.2) is 0 Å². The van der Waals surface area contributed by atoms with Crippen LogP contribution in [-0.2, 0) is 0 Å². The Bertz CT molecular complexity index is 740. The number of rotatable bonds is 1. The summed E-state index contributed by atoms with van der Waals surface area (Å²) in [4.78, 5) is 0. The van der Waals surface area contributed by atoms with Crippen LogP contribution in [0, 0.1) is 41.5 Å². The summed E-state index contributed by atoms with van der Waals surface area (Å²) < 4.78 is 0. The van der Waals surface area contributed by atoms with Gasteiger partial charge in [0.15, 0.2) is 0 Å². The van der Waals surface area contributed by atoms with Gasteiger partial charge in [0.05, 0.1) is 0 Å². The van der Waals surface area contributed by atoms with E-state index in [0.29, 0.717) is 0 Å². The highest BCUT2D eigenvalue weighted by Gasteiger charge is 1.92. The first-order chi connectivity index (χ1) is 12.3. The topological polar surface area (TPSA) is 0 Å². The predicted molar refractivity (Wildman–Crippen MR) is 118 cm³/mol. The van der Waals surface area contributed by atoms with E-state index in [-0.39, 0.29) is 0 Å². The molecule has 0 heterocycles. The molecule has 0 unspecified atom stereocenters. The number of hydrogen-bond donors (Lipinski definition) is 0. The van der Waals surface area contributed by atoms with Gasteiger partial charge < -0.3 is 0 Å². The predicted octanol–water partition coefficient (Wildman–Crippen LogP) is 7.55. The van der Waals surface area contributed by atoms with Gasteiger partial charge in [-0.3, -0.25) is 0 Å². The molecular weight excluding hydrogens is 312 g/mol. The highest BCUT2D eigenvalue weighted by molar-refractivity contribution is 5.45. The van der Waals surface area contributed by atoms with Gasteiger partial charge >= 0.3 is 0 Å². The molecule has 3 aromatic rings. The highest BCUT2D eigenvalue weighted by atomic mass is 14.0. The molecule has 0 aliphatic carbocycles. The van der Waals surface area contributed by atoms with Crippen LogP contribution in [0.2, 0.25) is 0 Å². The van der Waals surface area contributed by atoms with E-state index in [4.69, 9.17) is 0 Å². The highest BCUT2D eigenvalue weighted by Crippen LogP contribution is 2.10. The largest absolute Gasteiger partial charge is 0.0985 e. The summed E-state index contributed by atoms with van der Waals surface area (Å²) >= 11 is 0. The van der Waals surface area contributed by atoms with Gasteiger partial charge in [-0.15, -0.1) is 0 Å². The smallest absolute Gasteiger partial charge is 0.0263 e. The maximum Gasteiger partial charge on any atom is -0.0263 e. The fraction of sp³-hybridized carbons (Fsp3) is 0.231. The second-order valence-corrected chi connectivity index (χ2v) is 6.80. The van der Waals surface area contributed by atoms with E-state index in [1.807, 2.05) is 36.4 Å². The summed E-state index contributed by atoms with van der Waals surface area (Å²) in [6.45, 7) is 16.4. The zero-order valence-corrected chi connectivity index (χ0v) is 17.1. The van der Waals surface area contributed by atoms with Gasteiger partial charge in [0, 0.05) is 0 Å². The van der Waals surface area contributed by atoms with Crippen LogP contribution < -0.4 is 0 Å². The first-order valence-electron chi connectivity index (χ1n) is 9.08. The molecule has 0 heteroatoms. The molecule has 0 radical (unpaired) electrons. The van der Waals surface area contributed by atoms with E-state index < -0.39 is 0 Å². The molecule has 0 aliphatic rings. The molecule has 136 valence electrons. The van der Waals surface area contributed by atoms with Crippen molar-refractivity contribution >= 4 is 6.08 Å². The van der Waals surface area contributed by atoms with Crippen LogP contribution in [0.15, 0.2) is 73.3 Å². The maximum absolute atomic E-state index is 3.63. The molecule has 0 spiro atoms. The zero-order valence-electron chi connectivity index (χ0n) is 17.1. The van der Waals surface area contributed by atoms with Gasteiger partial charge in [0.1, 0.15) is 0 Å². The lowest BCUT2D eigenvalue weighted by atomic mass is 10.1. The van der Waals surface area contributed by atoms with Gasteiger partial charge in [0.2, 0.25) is 0 Å². The number of aryl methyl sites for hydroxylation is 5. The first kappa shape index (κ1) is 21.4. The molecule has 0 bridgehead atoms. The fourth-order valence-corrected chi connectivity index (χ4v) is 2.69. The van der Waals surface area contributed by atoms with Gasteiger partial charge in [-0.2, -0.15) is 0 Å². The summed E-state index contributed by atoms with van der Waals surface area (Å²) in [5.74, 6) is 0. The molecule has 0 aliphatic heterocycles.